The molecule has 1 saturated carbocycles. The fraction of sp³-hybridized carbons (Fsp3) is 0.562. The van der Waals surface area contributed by atoms with Crippen LogP contribution >= 0.6 is 0 Å². The molecule has 0 aromatic heterocycles. The first-order valence-electron chi connectivity index (χ1n) is 6.96. The molecule has 104 valence electrons. The molecule has 0 amide bonds. The maximum absolute atomic E-state index is 11.1. The zero-order chi connectivity index (χ0) is 13.8. The second kappa shape index (κ2) is 6.20. The van der Waals surface area contributed by atoms with Crippen LogP contribution in [0.15, 0.2) is 12.1 Å². The highest BCUT2D eigenvalue weighted by molar-refractivity contribution is 5.79. The standard InChI is InChI=1S/C16H22O3/c1-11-4-9-16(13(3)12(11)2)19-18-10-14-5-7-15(17)8-6-14/h4,9,14H,5-8,10H2,1-3H3. The molecule has 0 spiro atoms. The number of Topliss-reactive ketones (excluding diaryl/α,β-unsaturated/α-hetero) is 1. The third-order valence-corrected chi connectivity index (χ3v) is 4.12. The molecule has 2 rings (SSSR count). The van der Waals surface area contributed by atoms with Crippen molar-refractivity contribution in [2.24, 2.45) is 5.92 Å². The molecule has 1 aromatic carbocycles. The lowest BCUT2D eigenvalue weighted by molar-refractivity contribution is -0.218. The summed E-state index contributed by atoms with van der Waals surface area (Å²) in [5.74, 6) is 1.61. The van der Waals surface area contributed by atoms with Gasteiger partial charge in [-0.05, 0) is 62.3 Å². The minimum Gasteiger partial charge on any atom is -0.337 e. The molecule has 1 aliphatic carbocycles. The van der Waals surface area contributed by atoms with E-state index in [0.717, 1.165) is 24.2 Å². The van der Waals surface area contributed by atoms with E-state index in [4.69, 9.17) is 9.78 Å². The zero-order valence-corrected chi connectivity index (χ0v) is 12.0. The van der Waals surface area contributed by atoms with Gasteiger partial charge in [0.1, 0.15) is 5.78 Å². The minimum atomic E-state index is 0.377. The Morgan fingerprint density at radius 1 is 1.11 bits per heavy atom. The van der Waals surface area contributed by atoms with Gasteiger partial charge in [-0.3, -0.25) is 4.79 Å². The molecular weight excluding hydrogens is 240 g/mol. The molecular formula is C16H22O3. The lowest BCUT2D eigenvalue weighted by Crippen LogP contribution is -2.19. The first kappa shape index (κ1) is 14.1. The lowest BCUT2D eigenvalue weighted by Gasteiger charge is -2.20. The van der Waals surface area contributed by atoms with Gasteiger partial charge in [-0.1, -0.05) is 6.07 Å². The van der Waals surface area contributed by atoms with E-state index in [0.29, 0.717) is 31.1 Å². The predicted octanol–water partition coefficient (Wildman–Crippen LogP) is 3.68. The Morgan fingerprint density at radius 3 is 2.47 bits per heavy atom. The summed E-state index contributed by atoms with van der Waals surface area (Å²) in [5, 5.41) is 0. The van der Waals surface area contributed by atoms with Crippen molar-refractivity contribution in [1.82, 2.24) is 0 Å². The molecule has 3 nitrogen and oxygen atoms in total. The van der Waals surface area contributed by atoms with Crippen LogP contribution in [-0.4, -0.2) is 12.4 Å². The fourth-order valence-corrected chi connectivity index (χ4v) is 2.38. The van der Waals surface area contributed by atoms with Crippen LogP contribution in [0.3, 0.4) is 0 Å². The lowest BCUT2D eigenvalue weighted by atomic mass is 9.89. The normalized spacial score (nSPS) is 16.7. The van der Waals surface area contributed by atoms with Crippen molar-refractivity contribution >= 4 is 5.78 Å². The Hall–Kier alpha value is -1.35. The van der Waals surface area contributed by atoms with E-state index in [9.17, 15) is 4.79 Å². The van der Waals surface area contributed by atoms with Crippen molar-refractivity contribution in [3.63, 3.8) is 0 Å². The van der Waals surface area contributed by atoms with Gasteiger partial charge < -0.3 is 4.89 Å². The highest BCUT2D eigenvalue weighted by Crippen LogP contribution is 2.25. The smallest absolute Gasteiger partial charge is 0.168 e. The number of rotatable bonds is 4. The summed E-state index contributed by atoms with van der Waals surface area (Å²) in [4.78, 5) is 21.9. The Balaban J connectivity index is 1.83. The van der Waals surface area contributed by atoms with Crippen LogP contribution < -0.4 is 4.89 Å². The fourth-order valence-electron chi connectivity index (χ4n) is 2.38. The summed E-state index contributed by atoms with van der Waals surface area (Å²) < 4.78 is 0. The molecule has 0 heterocycles. The maximum atomic E-state index is 11.1. The van der Waals surface area contributed by atoms with E-state index in [2.05, 4.69) is 13.8 Å². The van der Waals surface area contributed by atoms with Crippen molar-refractivity contribution in [3.05, 3.63) is 28.8 Å². The van der Waals surface area contributed by atoms with Gasteiger partial charge in [0.05, 0.1) is 6.61 Å². The highest BCUT2D eigenvalue weighted by atomic mass is 17.2. The number of ketones is 1. The van der Waals surface area contributed by atoms with Crippen LogP contribution in [0.4, 0.5) is 0 Å². The molecule has 0 saturated heterocycles. The Bertz CT molecular complexity index is 455. The van der Waals surface area contributed by atoms with Crippen molar-refractivity contribution in [2.45, 2.75) is 46.5 Å². The topological polar surface area (TPSA) is 35.5 Å². The van der Waals surface area contributed by atoms with E-state index in [1.54, 1.807) is 0 Å². The zero-order valence-electron chi connectivity index (χ0n) is 12.0. The molecule has 0 aliphatic heterocycles. The number of carbonyl (C=O) groups is 1. The molecule has 3 heteroatoms. The average Bonchev–Trinajstić information content (AvgIpc) is 2.41. The van der Waals surface area contributed by atoms with Gasteiger partial charge in [0.15, 0.2) is 5.75 Å². The van der Waals surface area contributed by atoms with E-state index in [1.165, 1.54) is 11.1 Å². The summed E-state index contributed by atoms with van der Waals surface area (Å²) in [7, 11) is 0. The van der Waals surface area contributed by atoms with Gasteiger partial charge in [-0.2, -0.15) is 4.89 Å². The molecule has 19 heavy (non-hydrogen) atoms. The molecule has 0 bridgehead atoms. The number of benzene rings is 1. The van der Waals surface area contributed by atoms with Crippen LogP contribution in [-0.2, 0) is 9.68 Å². The number of aryl methyl sites for hydroxylation is 1. The van der Waals surface area contributed by atoms with Crippen molar-refractivity contribution in [2.75, 3.05) is 6.61 Å². The average molecular weight is 262 g/mol. The monoisotopic (exact) mass is 262 g/mol. The molecule has 0 atom stereocenters. The largest absolute Gasteiger partial charge is 0.337 e. The third kappa shape index (κ3) is 3.57. The van der Waals surface area contributed by atoms with Crippen molar-refractivity contribution < 1.29 is 14.6 Å². The van der Waals surface area contributed by atoms with Gasteiger partial charge in [-0.15, -0.1) is 0 Å². The molecule has 1 fully saturated rings. The quantitative estimate of drug-likeness (QED) is 0.613. The summed E-state index contributed by atoms with van der Waals surface area (Å²) in [6, 6.07) is 3.99. The number of hydrogen-bond acceptors (Lipinski definition) is 3. The van der Waals surface area contributed by atoms with Gasteiger partial charge in [0.2, 0.25) is 0 Å². The van der Waals surface area contributed by atoms with Gasteiger partial charge >= 0.3 is 0 Å². The number of carbonyl (C=O) groups excluding carboxylic acids is 1. The third-order valence-electron chi connectivity index (χ3n) is 4.12. The highest BCUT2D eigenvalue weighted by Gasteiger charge is 2.19. The second-order valence-electron chi connectivity index (χ2n) is 5.48. The Kier molecular flexibility index (Phi) is 4.59. The maximum Gasteiger partial charge on any atom is 0.168 e. The van der Waals surface area contributed by atoms with Gasteiger partial charge in [-0.25, -0.2) is 0 Å². The van der Waals surface area contributed by atoms with Crippen LogP contribution in [0.5, 0.6) is 5.75 Å². The summed E-state index contributed by atoms with van der Waals surface area (Å²) >= 11 is 0. The first-order chi connectivity index (χ1) is 9.08. The van der Waals surface area contributed by atoms with E-state index < -0.39 is 0 Å². The molecule has 0 radical (unpaired) electrons. The minimum absolute atomic E-state index is 0.377. The molecule has 0 unspecified atom stereocenters. The SMILES string of the molecule is Cc1ccc(OOCC2CCC(=O)CC2)c(C)c1C. The van der Waals surface area contributed by atoms with Gasteiger partial charge in [0, 0.05) is 12.8 Å². The Labute approximate surface area is 114 Å². The van der Waals surface area contributed by atoms with Crippen molar-refractivity contribution in [1.29, 1.82) is 0 Å². The molecule has 0 N–H and O–H groups in total. The summed E-state index contributed by atoms with van der Waals surface area (Å²) in [6.45, 7) is 6.79. The van der Waals surface area contributed by atoms with E-state index in [-0.39, 0.29) is 0 Å². The molecule has 1 aliphatic rings. The van der Waals surface area contributed by atoms with Gasteiger partial charge in [0.25, 0.3) is 0 Å². The predicted molar refractivity (Wildman–Crippen MR) is 74.2 cm³/mol. The van der Waals surface area contributed by atoms with E-state index in [1.807, 2.05) is 19.1 Å². The van der Waals surface area contributed by atoms with Crippen molar-refractivity contribution in [3.8, 4) is 5.75 Å². The van der Waals surface area contributed by atoms with Crippen LogP contribution in [0.2, 0.25) is 0 Å². The van der Waals surface area contributed by atoms with Crippen LogP contribution in [0, 0.1) is 26.7 Å². The van der Waals surface area contributed by atoms with E-state index >= 15 is 0 Å². The summed E-state index contributed by atoms with van der Waals surface area (Å²) in [5.41, 5.74) is 3.62. The second-order valence-corrected chi connectivity index (χ2v) is 5.48. The number of hydrogen-bond donors (Lipinski definition) is 0. The first-order valence-corrected chi connectivity index (χ1v) is 6.96. The summed E-state index contributed by atoms with van der Waals surface area (Å²) in [6.07, 6.45) is 3.23. The Morgan fingerprint density at radius 2 is 1.79 bits per heavy atom. The van der Waals surface area contributed by atoms with Crippen LogP contribution in [0.25, 0.3) is 0 Å². The molecule has 1 aromatic rings. The van der Waals surface area contributed by atoms with Crippen LogP contribution in [0.1, 0.15) is 42.4 Å².